The SMILES string of the molecule is CNC(Cc1nnn(C)n1)C1CCCC1(C)C. The van der Waals surface area contributed by atoms with Gasteiger partial charge < -0.3 is 5.32 Å². The predicted octanol–water partition coefficient (Wildman–Crippen LogP) is 1.17. The summed E-state index contributed by atoms with van der Waals surface area (Å²) in [4.78, 5) is 1.53. The Morgan fingerprint density at radius 1 is 1.53 bits per heavy atom. The Hall–Kier alpha value is -0.970. The van der Waals surface area contributed by atoms with Gasteiger partial charge in [-0.25, -0.2) is 0 Å². The van der Waals surface area contributed by atoms with E-state index in [-0.39, 0.29) is 0 Å². The van der Waals surface area contributed by atoms with Gasteiger partial charge in [0.1, 0.15) is 0 Å². The predicted molar refractivity (Wildman–Crippen MR) is 66.5 cm³/mol. The van der Waals surface area contributed by atoms with Crippen LogP contribution in [0.4, 0.5) is 0 Å². The zero-order valence-corrected chi connectivity index (χ0v) is 11.3. The van der Waals surface area contributed by atoms with Gasteiger partial charge in [-0.2, -0.15) is 4.80 Å². The first kappa shape index (κ1) is 12.5. The van der Waals surface area contributed by atoms with E-state index in [0.717, 1.165) is 12.2 Å². The second-order valence-electron chi connectivity index (χ2n) is 5.78. The molecule has 1 aromatic rings. The summed E-state index contributed by atoms with van der Waals surface area (Å²) in [5, 5.41) is 15.7. The van der Waals surface area contributed by atoms with E-state index >= 15 is 0 Å². The zero-order valence-electron chi connectivity index (χ0n) is 11.3. The van der Waals surface area contributed by atoms with Crippen LogP contribution in [-0.4, -0.2) is 33.3 Å². The Bertz CT molecular complexity index is 371. The maximum Gasteiger partial charge on any atom is 0.176 e. The average molecular weight is 237 g/mol. The van der Waals surface area contributed by atoms with Crippen molar-refractivity contribution >= 4 is 0 Å². The number of tetrazole rings is 1. The Morgan fingerprint density at radius 3 is 2.76 bits per heavy atom. The number of hydrogen-bond donors (Lipinski definition) is 1. The number of nitrogens with one attached hydrogen (secondary N) is 1. The molecule has 2 unspecified atom stereocenters. The van der Waals surface area contributed by atoms with E-state index in [0.29, 0.717) is 17.4 Å². The fourth-order valence-electron chi connectivity index (χ4n) is 3.15. The summed E-state index contributed by atoms with van der Waals surface area (Å²) >= 11 is 0. The number of aryl methyl sites for hydroxylation is 1. The molecule has 0 amide bonds. The summed E-state index contributed by atoms with van der Waals surface area (Å²) in [6.45, 7) is 4.75. The highest BCUT2D eigenvalue weighted by Gasteiger charge is 2.39. The molecule has 0 spiro atoms. The van der Waals surface area contributed by atoms with Crippen molar-refractivity contribution in [1.29, 1.82) is 0 Å². The fourth-order valence-corrected chi connectivity index (χ4v) is 3.15. The molecule has 1 saturated carbocycles. The van der Waals surface area contributed by atoms with Crippen LogP contribution >= 0.6 is 0 Å². The number of nitrogens with zero attached hydrogens (tertiary/aromatic N) is 4. The Balaban J connectivity index is 2.06. The second-order valence-corrected chi connectivity index (χ2v) is 5.78. The molecule has 96 valence electrons. The maximum atomic E-state index is 4.27. The molecule has 1 fully saturated rings. The molecular formula is C12H23N5. The van der Waals surface area contributed by atoms with E-state index in [1.165, 1.54) is 24.1 Å². The van der Waals surface area contributed by atoms with Gasteiger partial charge in [-0.1, -0.05) is 20.3 Å². The van der Waals surface area contributed by atoms with Crippen LogP contribution in [0, 0.1) is 11.3 Å². The number of likely N-dealkylation sites (N-methyl/N-ethyl adjacent to an activating group) is 1. The highest BCUT2D eigenvalue weighted by atomic mass is 15.6. The summed E-state index contributed by atoms with van der Waals surface area (Å²) in [6, 6.07) is 0.455. The smallest absolute Gasteiger partial charge is 0.176 e. The van der Waals surface area contributed by atoms with Gasteiger partial charge in [-0.15, -0.1) is 10.2 Å². The monoisotopic (exact) mass is 237 g/mol. The molecule has 5 heteroatoms. The standard InChI is InChI=1S/C12H23N5/c1-12(2)7-5-6-9(12)10(13-3)8-11-14-16-17(4)15-11/h9-10,13H,5-8H2,1-4H3. The Kier molecular flexibility index (Phi) is 3.47. The Labute approximate surface area is 103 Å². The first-order chi connectivity index (χ1) is 8.03. The second kappa shape index (κ2) is 4.72. The number of rotatable bonds is 4. The highest BCUT2D eigenvalue weighted by Crippen LogP contribution is 2.44. The third-order valence-corrected chi connectivity index (χ3v) is 4.15. The summed E-state index contributed by atoms with van der Waals surface area (Å²) in [7, 11) is 3.85. The molecule has 17 heavy (non-hydrogen) atoms. The van der Waals surface area contributed by atoms with Gasteiger partial charge in [0.2, 0.25) is 0 Å². The summed E-state index contributed by atoms with van der Waals surface area (Å²) < 4.78 is 0. The lowest BCUT2D eigenvalue weighted by atomic mass is 9.76. The number of hydrogen-bond acceptors (Lipinski definition) is 4. The molecule has 1 aliphatic carbocycles. The van der Waals surface area contributed by atoms with Crippen molar-refractivity contribution in [2.45, 2.75) is 45.6 Å². The van der Waals surface area contributed by atoms with Crippen LogP contribution in [0.2, 0.25) is 0 Å². The van der Waals surface area contributed by atoms with Crippen molar-refractivity contribution in [2.75, 3.05) is 7.05 Å². The maximum absolute atomic E-state index is 4.27. The summed E-state index contributed by atoms with van der Waals surface area (Å²) in [6.07, 6.45) is 4.84. The van der Waals surface area contributed by atoms with Crippen molar-refractivity contribution in [2.24, 2.45) is 18.4 Å². The van der Waals surface area contributed by atoms with Crippen LogP contribution in [0.3, 0.4) is 0 Å². The molecule has 5 nitrogen and oxygen atoms in total. The van der Waals surface area contributed by atoms with E-state index in [9.17, 15) is 0 Å². The molecule has 0 bridgehead atoms. The molecule has 2 atom stereocenters. The van der Waals surface area contributed by atoms with Crippen LogP contribution < -0.4 is 5.32 Å². The van der Waals surface area contributed by atoms with Crippen LogP contribution in [0.25, 0.3) is 0 Å². The minimum Gasteiger partial charge on any atom is -0.316 e. The van der Waals surface area contributed by atoms with E-state index in [2.05, 4.69) is 34.6 Å². The topological polar surface area (TPSA) is 55.6 Å². The van der Waals surface area contributed by atoms with Gasteiger partial charge in [0.15, 0.2) is 5.82 Å². The zero-order chi connectivity index (χ0) is 12.5. The third-order valence-electron chi connectivity index (χ3n) is 4.15. The van der Waals surface area contributed by atoms with E-state index in [1.54, 1.807) is 0 Å². The fraction of sp³-hybridized carbons (Fsp3) is 0.917. The van der Waals surface area contributed by atoms with Gasteiger partial charge in [0.25, 0.3) is 0 Å². The van der Waals surface area contributed by atoms with Crippen LogP contribution in [0.5, 0.6) is 0 Å². The van der Waals surface area contributed by atoms with E-state index in [1.807, 2.05) is 14.1 Å². The molecule has 0 aliphatic heterocycles. The normalized spacial score (nSPS) is 25.1. The molecule has 0 saturated heterocycles. The molecule has 0 aromatic carbocycles. The quantitative estimate of drug-likeness (QED) is 0.854. The average Bonchev–Trinajstić information content (AvgIpc) is 2.81. The molecule has 0 radical (unpaired) electrons. The lowest BCUT2D eigenvalue weighted by molar-refractivity contribution is 0.200. The molecule has 1 heterocycles. The first-order valence-electron chi connectivity index (χ1n) is 6.43. The molecular weight excluding hydrogens is 214 g/mol. The summed E-state index contributed by atoms with van der Waals surface area (Å²) in [5.74, 6) is 1.55. The van der Waals surface area contributed by atoms with Crippen molar-refractivity contribution in [1.82, 2.24) is 25.5 Å². The van der Waals surface area contributed by atoms with Gasteiger partial charge in [-0.05, 0) is 36.4 Å². The summed E-state index contributed by atoms with van der Waals surface area (Å²) in [5.41, 5.74) is 0.426. The van der Waals surface area contributed by atoms with E-state index in [4.69, 9.17) is 0 Å². The lowest BCUT2D eigenvalue weighted by Crippen LogP contribution is -2.40. The highest BCUT2D eigenvalue weighted by molar-refractivity contribution is 4.96. The van der Waals surface area contributed by atoms with Crippen LogP contribution in [0.1, 0.15) is 38.9 Å². The molecule has 1 N–H and O–H groups in total. The minimum atomic E-state index is 0.426. The minimum absolute atomic E-state index is 0.426. The van der Waals surface area contributed by atoms with Crippen LogP contribution in [-0.2, 0) is 13.5 Å². The number of aromatic nitrogens is 4. The van der Waals surface area contributed by atoms with Gasteiger partial charge >= 0.3 is 0 Å². The largest absolute Gasteiger partial charge is 0.316 e. The van der Waals surface area contributed by atoms with Gasteiger partial charge in [0.05, 0.1) is 7.05 Å². The molecule has 1 aromatic heterocycles. The van der Waals surface area contributed by atoms with Crippen molar-refractivity contribution in [3.63, 3.8) is 0 Å². The van der Waals surface area contributed by atoms with Gasteiger partial charge in [-0.3, -0.25) is 0 Å². The lowest BCUT2D eigenvalue weighted by Gasteiger charge is -2.33. The first-order valence-corrected chi connectivity index (χ1v) is 6.43. The molecule has 2 rings (SSSR count). The van der Waals surface area contributed by atoms with Crippen molar-refractivity contribution < 1.29 is 0 Å². The van der Waals surface area contributed by atoms with Crippen molar-refractivity contribution in [3.05, 3.63) is 5.82 Å². The van der Waals surface area contributed by atoms with Crippen LogP contribution in [0.15, 0.2) is 0 Å². The third kappa shape index (κ3) is 2.65. The van der Waals surface area contributed by atoms with Gasteiger partial charge in [0, 0.05) is 12.5 Å². The van der Waals surface area contributed by atoms with Crippen molar-refractivity contribution in [3.8, 4) is 0 Å². The van der Waals surface area contributed by atoms with E-state index < -0.39 is 0 Å². The molecule has 1 aliphatic rings. The Morgan fingerprint density at radius 2 is 2.29 bits per heavy atom.